The molecule has 27 heavy (non-hydrogen) atoms. The Hall–Kier alpha value is -2.71. The second-order valence-corrected chi connectivity index (χ2v) is 6.73. The molecule has 3 heterocycles. The topological polar surface area (TPSA) is 72.5 Å². The van der Waals surface area contributed by atoms with E-state index in [0.717, 1.165) is 56.5 Å². The molecule has 1 saturated heterocycles. The lowest BCUT2D eigenvalue weighted by atomic mass is 10.1. The summed E-state index contributed by atoms with van der Waals surface area (Å²) in [5.41, 5.74) is 2.30. The molecule has 0 N–H and O–H groups in total. The largest absolute Gasteiger partial charge is 0.497 e. The van der Waals surface area contributed by atoms with Gasteiger partial charge in [-0.1, -0.05) is 5.16 Å². The second-order valence-electron chi connectivity index (χ2n) is 6.73. The third kappa shape index (κ3) is 4.17. The Morgan fingerprint density at radius 3 is 2.52 bits per heavy atom. The molecule has 8 heteroatoms. The summed E-state index contributed by atoms with van der Waals surface area (Å²) < 4.78 is 12.4. The van der Waals surface area contributed by atoms with Crippen molar-refractivity contribution < 1.29 is 9.26 Å². The molecule has 3 aromatic rings. The van der Waals surface area contributed by atoms with Gasteiger partial charge < -0.3 is 9.26 Å². The van der Waals surface area contributed by atoms with E-state index in [1.807, 2.05) is 29.9 Å². The van der Waals surface area contributed by atoms with Gasteiger partial charge in [0.05, 0.1) is 19.3 Å². The number of benzene rings is 1. The first-order valence-electron chi connectivity index (χ1n) is 9.12. The number of hydrogen-bond acceptors (Lipinski definition) is 7. The van der Waals surface area contributed by atoms with Gasteiger partial charge in [-0.2, -0.15) is 10.1 Å². The van der Waals surface area contributed by atoms with Crippen molar-refractivity contribution in [1.82, 2.24) is 29.7 Å². The number of aromatic nitrogens is 4. The van der Waals surface area contributed by atoms with Crippen LogP contribution in [0.1, 0.15) is 17.3 Å². The van der Waals surface area contributed by atoms with Crippen LogP contribution in [0.5, 0.6) is 5.75 Å². The molecule has 0 unspecified atom stereocenters. The Balaban J connectivity index is 1.41. The number of hydrogen-bond donors (Lipinski definition) is 0. The van der Waals surface area contributed by atoms with E-state index in [-0.39, 0.29) is 0 Å². The van der Waals surface area contributed by atoms with E-state index in [4.69, 9.17) is 9.26 Å². The number of rotatable bonds is 6. The summed E-state index contributed by atoms with van der Waals surface area (Å²) in [5, 5.41) is 8.37. The number of nitrogens with zero attached hydrogens (tertiary/aromatic N) is 6. The molecule has 8 nitrogen and oxygen atoms in total. The van der Waals surface area contributed by atoms with Crippen molar-refractivity contribution in [2.75, 3.05) is 33.3 Å². The van der Waals surface area contributed by atoms with Crippen LogP contribution in [0.25, 0.3) is 5.69 Å². The van der Waals surface area contributed by atoms with E-state index < -0.39 is 0 Å². The molecule has 2 aromatic heterocycles. The summed E-state index contributed by atoms with van der Waals surface area (Å²) >= 11 is 0. The van der Waals surface area contributed by atoms with E-state index in [1.165, 1.54) is 5.56 Å². The van der Waals surface area contributed by atoms with Crippen molar-refractivity contribution in [1.29, 1.82) is 0 Å². The summed E-state index contributed by atoms with van der Waals surface area (Å²) in [4.78, 5) is 9.11. The zero-order chi connectivity index (χ0) is 18.6. The molecule has 0 bridgehead atoms. The summed E-state index contributed by atoms with van der Waals surface area (Å²) in [6, 6.07) is 8.08. The highest BCUT2D eigenvalue weighted by Crippen LogP contribution is 2.23. The highest BCUT2D eigenvalue weighted by atomic mass is 16.5. The van der Waals surface area contributed by atoms with Crippen molar-refractivity contribution in [2.45, 2.75) is 20.0 Å². The Morgan fingerprint density at radius 1 is 1.11 bits per heavy atom. The smallest absolute Gasteiger partial charge is 0.223 e. The van der Waals surface area contributed by atoms with Gasteiger partial charge in [-0.05, 0) is 29.8 Å². The van der Waals surface area contributed by atoms with Gasteiger partial charge in [0.25, 0.3) is 0 Å². The van der Waals surface area contributed by atoms with Crippen molar-refractivity contribution in [3.8, 4) is 11.4 Å². The number of ether oxygens (including phenoxy) is 1. The molecule has 0 saturated carbocycles. The van der Waals surface area contributed by atoms with Gasteiger partial charge in [0.2, 0.25) is 5.89 Å². The van der Waals surface area contributed by atoms with Gasteiger partial charge >= 0.3 is 0 Å². The standard InChI is InChI=1S/C19H24N6O2/c1-15-21-19(22-27-15)14-24-10-8-23(9-11-24)13-16-12-17(26-2)4-5-18(16)25-7-3-6-20-25/h3-7,12H,8-11,13-14H2,1-2H3. The van der Waals surface area contributed by atoms with E-state index in [9.17, 15) is 0 Å². The molecule has 1 fully saturated rings. The third-order valence-electron chi connectivity index (χ3n) is 4.83. The molecule has 142 valence electrons. The molecular weight excluding hydrogens is 344 g/mol. The minimum atomic E-state index is 0.618. The maximum absolute atomic E-state index is 5.42. The lowest BCUT2D eigenvalue weighted by Gasteiger charge is -2.34. The highest BCUT2D eigenvalue weighted by Gasteiger charge is 2.20. The molecule has 0 atom stereocenters. The molecular formula is C19H24N6O2. The van der Waals surface area contributed by atoms with E-state index in [2.05, 4.69) is 37.2 Å². The highest BCUT2D eigenvalue weighted by molar-refractivity contribution is 5.45. The Kier molecular flexibility index (Phi) is 5.17. The normalized spacial score (nSPS) is 15.9. The fourth-order valence-electron chi connectivity index (χ4n) is 3.40. The average molecular weight is 368 g/mol. The van der Waals surface area contributed by atoms with Gasteiger partial charge in [0.1, 0.15) is 5.75 Å². The zero-order valence-corrected chi connectivity index (χ0v) is 15.7. The van der Waals surface area contributed by atoms with Crippen LogP contribution in [0, 0.1) is 6.92 Å². The fourth-order valence-corrected chi connectivity index (χ4v) is 3.40. The van der Waals surface area contributed by atoms with E-state index >= 15 is 0 Å². The quantitative estimate of drug-likeness (QED) is 0.658. The molecule has 1 aliphatic heterocycles. The molecule has 0 aliphatic carbocycles. The number of methoxy groups -OCH3 is 1. The first kappa shape index (κ1) is 17.7. The maximum Gasteiger partial charge on any atom is 0.223 e. The monoisotopic (exact) mass is 368 g/mol. The van der Waals surface area contributed by atoms with Crippen molar-refractivity contribution in [3.05, 3.63) is 53.9 Å². The lowest BCUT2D eigenvalue weighted by Crippen LogP contribution is -2.45. The summed E-state index contributed by atoms with van der Waals surface area (Å²) in [6.45, 7) is 7.37. The molecule has 0 spiro atoms. The Morgan fingerprint density at radius 2 is 1.89 bits per heavy atom. The average Bonchev–Trinajstić information content (AvgIpc) is 3.35. The first-order valence-corrected chi connectivity index (χ1v) is 9.12. The van der Waals surface area contributed by atoms with Crippen LogP contribution < -0.4 is 4.74 Å². The molecule has 0 amide bonds. The van der Waals surface area contributed by atoms with Crippen LogP contribution in [0.2, 0.25) is 0 Å². The van der Waals surface area contributed by atoms with Gasteiger partial charge in [0, 0.05) is 52.0 Å². The molecule has 1 aliphatic rings. The van der Waals surface area contributed by atoms with Gasteiger partial charge in [0.15, 0.2) is 5.82 Å². The van der Waals surface area contributed by atoms with Gasteiger partial charge in [-0.15, -0.1) is 0 Å². The first-order chi connectivity index (χ1) is 13.2. The fraction of sp³-hybridized carbons (Fsp3) is 0.421. The maximum atomic E-state index is 5.42. The van der Waals surface area contributed by atoms with Crippen LogP contribution in [-0.2, 0) is 13.1 Å². The molecule has 0 radical (unpaired) electrons. The third-order valence-corrected chi connectivity index (χ3v) is 4.83. The van der Waals surface area contributed by atoms with Crippen LogP contribution in [-0.4, -0.2) is 63.0 Å². The number of aryl methyl sites for hydroxylation is 1. The van der Waals surface area contributed by atoms with Gasteiger partial charge in [-0.3, -0.25) is 9.80 Å². The van der Waals surface area contributed by atoms with Crippen LogP contribution in [0.3, 0.4) is 0 Å². The predicted octanol–water partition coefficient (Wildman–Crippen LogP) is 1.89. The zero-order valence-electron chi connectivity index (χ0n) is 15.7. The minimum absolute atomic E-state index is 0.618. The Bertz CT molecular complexity index is 868. The second kappa shape index (κ2) is 7.89. The SMILES string of the molecule is COc1ccc(-n2cccn2)c(CN2CCN(Cc3noc(C)n3)CC2)c1. The van der Waals surface area contributed by atoms with Crippen molar-refractivity contribution in [2.24, 2.45) is 0 Å². The Labute approximate surface area is 158 Å². The molecule has 1 aromatic carbocycles. The van der Waals surface area contributed by atoms with E-state index in [1.54, 1.807) is 13.3 Å². The van der Waals surface area contributed by atoms with Crippen molar-refractivity contribution in [3.63, 3.8) is 0 Å². The predicted molar refractivity (Wildman–Crippen MR) is 99.7 cm³/mol. The van der Waals surface area contributed by atoms with Crippen LogP contribution >= 0.6 is 0 Å². The minimum Gasteiger partial charge on any atom is -0.497 e. The van der Waals surface area contributed by atoms with E-state index in [0.29, 0.717) is 5.89 Å². The summed E-state index contributed by atoms with van der Waals surface area (Å²) in [5.74, 6) is 2.24. The molecule has 4 rings (SSSR count). The lowest BCUT2D eigenvalue weighted by molar-refractivity contribution is 0.119. The van der Waals surface area contributed by atoms with Gasteiger partial charge in [-0.25, -0.2) is 4.68 Å². The number of piperazine rings is 1. The van der Waals surface area contributed by atoms with Crippen LogP contribution in [0.15, 0.2) is 41.2 Å². The van der Waals surface area contributed by atoms with Crippen molar-refractivity contribution >= 4 is 0 Å². The summed E-state index contributed by atoms with van der Waals surface area (Å²) in [6.07, 6.45) is 3.77. The van der Waals surface area contributed by atoms with Crippen LogP contribution in [0.4, 0.5) is 0 Å². The summed E-state index contributed by atoms with van der Waals surface area (Å²) in [7, 11) is 1.70.